The molecule has 1 atom stereocenters. The van der Waals surface area contributed by atoms with Crippen molar-refractivity contribution in [2.75, 3.05) is 13.1 Å². The molecule has 1 heterocycles. The predicted molar refractivity (Wildman–Crippen MR) is 117 cm³/mol. The number of nitrogens with one attached hydrogen (secondary N) is 2. The van der Waals surface area contributed by atoms with E-state index in [1.807, 2.05) is 45.0 Å². The van der Waals surface area contributed by atoms with E-state index in [1.165, 1.54) is 0 Å². The van der Waals surface area contributed by atoms with E-state index in [2.05, 4.69) is 15.6 Å². The third-order valence-electron chi connectivity index (χ3n) is 3.62. The number of aryl methyl sites for hydroxylation is 1. The molecule has 0 spiro atoms. The van der Waals surface area contributed by atoms with Gasteiger partial charge in [-0.2, -0.15) is 0 Å². The second kappa shape index (κ2) is 11.5. The summed E-state index contributed by atoms with van der Waals surface area (Å²) in [6, 6.07) is 11.2. The Morgan fingerprint density at radius 2 is 2.00 bits per heavy atom. The van der Waals surface area contributed by atoms with Gasteiger partial charge in [0.15, 0.2) is 11.7 Å². The zero-order chi connectivity index (χ0) is 18.9. The van der Waals surface area contributed by atoms with E-state index < -0.39 is 5.91 Å². The molecule has 1 unspecified atom stereocenters. The molecule has 1 amide bonds. The topological polar surface area (TPSA) is 102 Å². The van der Waals surface area contributed by atoms with Crippen molar-refractivity contribution in [1.29, 1.82) is 0 Å². The van der Waals surface area contributed by atoms with Gasteiger partial charge < -0.3 is 25.5 Å². The minimum absolute atomic E-state index is 0. The minimum atomic E-state index is -0.590. The zero-order valence-electron chi connectivity index (χ0n) is 15.8. The summed E-state index contributed by atoms with van der Waals surface area (Å²) in [4.78, 5) is 15.5. The average Bonchev–Trinajstić information content (AvgIpc) is 3.09. The Hall–Kier alpha value is -2.23. The molecular weight excluding hydrogens is 459 g/mol. The lowest BCUT2D eigenvalue weighted by Crippen LogP contribution is -2.41. The number of halogens is 1. The third kappa shape index (κ3) is 7.49. The second-order valence-corrected chi connectivity index (χ2v) is 5.90. The number of amides is 1. The van der Waals surface area contributed by atoms with Gasteiger partial charge in [-0.25, -0.2) is 4.99 Å². The quantitative estimate of drug-likeness (QED) is 0.303. The monoisotopic (exact) mass is 486 g/mol. The maximum absolute atomic E-state index is 11.1. The number of primary amides is 1. The molecule has 0 bridgehead atoms. The first-order valence-electron chi connectivity index (χ1n) is 8.62. The van der Waals surface area contributed by atoms with Crippen molar-refractivity contribution < 1.29 is 13.9 Å². The Morgan fingerprint density at radius 3 is 2.63 bits per heavy atom. The summed E-state index contributed by atoms with van der Waals surface area (Å²) < 4.78 is 11.3. The number of carbonyl (C=O) groups excluding carboxylic acids is 1. The Bertz CT molecular complexity index is 761. The van der Waals surface area contributed by atoms with Gasteiger partial charge in [0.2, 0.25) is 0 Å². The van der Waals surface area contributed by atoms with Crippen molar-refractivity contribution in [2.24, 2.45) is 10.7 Å². The van der Waals surface area contributed by atoms with E-state index in [4.69, 9.17) is 14.9 Å². The summed E-state index contributed by atoms with van der Waals surface area (Å²) in [6.07, 6.45) is -0.0370. The highest BCUT2D eigenvalue weighted by Crippen LogP contribution is 2.17. The van der Waals surface area contributed by atoms with Crippen LogP contribution in [0.1, 0.15) is 35.7 Å². The first-order valence-corrected chi connectivity index (χ1v) is 8.62. The highest BCUT2D eigenvalue weighted by atomic mass is 127. The van der Waals surface area contributed by atoms with Gasteiger partial charge in [0.1, 0.15) is 24.2 Å². The number of para-hydroxylation sites is 1. The van der Waals surface area contributed by atoms with Crippen molar-refractivity contribution in [3.8, 4) is 5.75 Å². The molecule has 27 heavy (non-hydrogen) atoms. The Labute approximate surface area is 176 Å². The van der Waals surface area contributed by atoms with Crippen molar-refractivity contribution in [3.63, 3.8) is 0 Å². The van der Waals surface area contributed by atoms with Gasteiger partial charge in [-0.05, 0) is 44.5 Å². The van der Waals surface area contributed by atoms with Gasteiger partial charge in [0.25, 0.3) is 5.91 Å². The lowest BCUT2D eigenvalue weighted by atomic mass is 10.2. The molecule has 0 saturated carbocycles. The number of rotatable bonds is 8. The molecule has 0 fully saturated rings. The van der Waals surface area contributed by atoms with Crippen LogP contribution in [-0.2, 0) is 6.54 Å². The molecule has 1 aromatic carbocycles. The van der Waals surface area contributed by atoms with Crippen molar-refractivity contribution in [2.45, 2.75) is 33.4 Å². The van der Waals surface area contributed by atoms with Crippen LogP contribution in [0, 0.1) is 6.92 Å². The van der Waals surface area contributed by atoms with Crippen LogP contribution in [0.5, 0.6) is 5.75 Å². The summed E-state index contributed by atoms with van der Waals surface area (Å²) in [5, 5.41) is 6.40. The number of benzene rings is 1. The summed E-state index contributed by atoms with van der Waals surface area (Å²) >= 11 is 0. The second-order valence-electron chi connectivity index (χ2n) is 5.90. The lowest BCUT2D eigenvalue weighted by molar-refractivity contribution is 0.0972. The average molecular weight is 486 g/mol. The molecule has 0 aliphatic heterocycles. The summed E-state index contributed by atoms with van der Waals surface area (Å²) in [5.74, 6) is 1.63. The van der Waals surface area contributed by atoms with E-state index in [-0.39, 0.29) is 35.8 Å². The Kier molecular flexibility index (Phi) is 9.70. The van der Waals surface area contributed by atoms with E-state index >= 15 is 0 Å². The number of hydrogen-bond donors (Lipinski definition) is 3. The largest absolute Gasteiger partial charge is 0.489 e. The van der Waals surface area contributed by atoms with Gasteiger partial charge in [-0.1, -0.05) is 18.2 Å². The number of ether oxygens (including phenoxy) is 1. The maximum Gasteiger partial charge on any atom is 0.284 e. The summed E-state index contributed by atoms with van der Waals surface area (Å²) in [7, 11) is 0. The fraction of sp³-hybridized carbons (Fsp3) is 0.368. The van der Waals surface area contributed by atoms with Gasteiger partial charge in [-0.15, -0.1) is 24.0 Å². The van der Waals surface area contributed by atoms with Crippen LogP contribution in [0.4, 0.5) is 0 Å². The maximum atomic E-state index is 11.1. The number of nitrogens with two attached hydrogens (primary N) is 1. The molecule has 8 heteroatoms. The predicted octanol–water partition coefficient (Wildman–Crippen LogP) is 2.83. The molecule has 7 nitrogen and oxygen atoms in total. The third-order valence-corrected chi connectivity index (χ3v) is 3.62. The normalized spacial score (nSPS) is 12.0. The lowest BCUT2D eigenvalue weighted by Gasteiger charge is -2.18. The molecule has 1 aromatic heterocycles. The van der Waals surface area contributed by atoms with Gasteiger partial charge in [0, 0.05) is 6.54 Å². The number of carbonyl (C=O) groups is 1. The van der Waals surface area contributed by atoms with Crippen LogP contribution in [0.3, 0.4) is 0 Å². The van der Waals surface area contributed by atoms with E-state index in [9.17, 15) is 4.79 Å². The molecule has 0 saturated heterocycles. The van der Waals surface area contributed by atoms with Crippen LogP contribution in [-0.4, -0.2) is 31.1 Å². The van der Waals surface area contributed by atoms with Crippen LogP contribution in [0.25, 0.3) is 0 Å². The van der Waals surface area contributed by atoms with Gasteiger partial charge in [-0.3, -0.25) is 4.79 Å². The molecule has 2 aromatic rings. The minimum Gasteiger partial charge on any atom is -0.489 e. The number of nitrogens with zero attached hydrogens (tertiary/aromatic N) is 1. The van der Waals surface area contributed by atoms with Gasteiger partial charge in [0.05, 0.1) is 6.54 Å². The molecule has 4 N–H and O–H groups in total. The summed E-state index contributed by atoms with van der Waals surface area (Å²) in [5.41, 5.74) is 6.28. The molecular formula is C19H27IN4O3. The highest BCUT2D eigenvalue weighted by Gasteiger charge is 2.09. The fourth-order valence-corrected chi connectivity index (χ4v) is 2.28. The number of hydrogen-bond acceptors (Lipinski definition) is 4. The number of furan rings is 1. The highest BCUT2D eigenvalue weighted by molar-refractivity contribution is 14.0. The van der Waals surface area contributed by atoms with Crippen LogP contribution >= 0.6 is 24.0 Å². The first kappa shape index (κ1) is 22.8. The molecule has 148 valence electrons. The standard InChI is InChI=1S/C19H26N4O3.HI/c1-4-21-19(23-12-15-9-10-17(26-15)18(20)24)22-11-14(3)25-16-8-6-5-7-13(16)2;/h5-10,14H,4,11-12H2,1-3H3,(H2,20,24)(H2,21,22,23);1H. The fourth-order valence-electron chi connectivity index (χ4n) is 2.28. The SMILES string of the molecule is CCNC(=NCc1ccc(C(N)=O)o1)NCC(C)Oc1ccccc1C.I. The van der Waals surface area contributed by atoms with Crippen molar-refractivity contribution in [3.05, 3.63) is 53.5 Å². The van der Waals surface area contributed by atoms with Crippen LogP contribution in [0.15, 0.2) is 45.8 Å². The van der Waals surface area contributed by atoms with Crippen molar-refractivity contribution in [1.82, 2.24) is 10.6 Å². The Balaban J connectivity index is 0.00000364. The van der Waals surface area contributed by atoms with Crippen molar-refractivity contribution >= 4 is 35.8 Å². The smallest absolute Gasteiger partial charge is 0.284 e. The molecule has 0 aliphatic rings. The Morgan fingerprint density at radius 1 is 1.26 bits per heavy atom. The van der Waals surface area contributed by atoms with Crippen LogP contribution in [0.2, 0.25) is 0 Å². The van der Waals surface area contributed by atoms with E-state index in [1.54, 1.807) is 12.1 Å². The summed E-state index contributed by atoms with van der Waals surface area (Å²) in [6.45, 7) is 7.62. The van der Waals surface area contributed by atoms with Crippen LogP contribution < -0.4 is 21.1 Å². The molecule has 2 rings (SSSR count). The first-order chi connectivity index (χ1) is 12.5. The number of aliphatic imine (C=N–C) groups is 1. The van der Waals surface area contributed by atoms with E-state index in [0.717, 1.165) is 17.9 Å². The zero-order valence-corrected chi connectivity index (χ0v) is 18.2. The van der Waals surface area contributed by atoms with E-state index in [0.29, 0.717) is 24.8 Å². The molecule has 0 aliphatic carbocycles. The van der Waals surface area contributed by atoms with Gasteiger partial charge >= 0.3 is 0 Å². The number of guanidine groups is 1. The molecule has 0 radical (unpaired) electrons.